The molecule has 14 heteroatoms. The quantitative estimate of drug-likeness (QED) is 0.226. The Labute approximate surface area is 201 Å². The second-order valence-corrected chi connectivity index (χ2v) is 11.8. The van der Waals surface area contributed by atoms with Gasteiger partial charge in [-0.3, -0.25) is 4.55 Å². The van der Waals surface area contributed by atoms with Gasteiger partial charge in [-0.15, -0.1) is 7.92 Å². The van der Waals surface area contributed by atoms with Gasteiger partial charge in [0.15, 0.2) is 10.1 Å². The summed E-state index contributed by atoms with van der Waals surface area (Å²) in [6, 6.07) is 1.75. The van der Waals surface area contributed by atoms with Crippen LogP contribution in [0.3, 0.4) is 0 Å². The van der Waals surface area contributed by atoms with Gasteiger partial charge in [0.05, 0.1) is 12.3 Å². The normalized spacial score (nSPS) is 16.1. The molecule has 0 spiro atoms. The molecule has 0 atom stereocenters. The number of hydrogen-bond acceptors (Lipinski definition) is 6. The number of halogens is 3. The molecule has 1 rings (SSSR count). The zero-order valence-corrected chi connectivity index (χ0v) is 24.1. The van der Waals surface area contributed by atoms with Gasteiger partial charge >= 0.3 is 5.51 Å². The first kappa shape index (κ1) is 41.4. The molecule has 0 saturated heterocycles. The van der Waals surface area contributed by atoms with Crippen molar-refractivity contribution in [2.24, 2.45) is 0 Å². The van der Waals surface area contributed by atoms with E-state index >= 15 is 0 Å². The first-order chi connectivity index (χ1) is 12.9. The standard InChI is InChI=1S/C10H15.C3H9P.C2H3N.CHF3O3S.CH4O3S.Ir/c1-6-7(2)9(4)10(5)8(6)3;1-4(2)3;1-2-3;2-1(3,4)8(5,6)7;1-5(2,3)4;/h1-5H3;1-3H3;1H3;(H,5,6,7);1H3,(H,2,3,4);/p-1. The van der Waals surface area contributed by atoms with Crippen LogP contribution in [0.4, 0.5) is 13.2 Å². The van der Waals surface area contributed by atoms with Gasteiger partial charge in [0, 0.05) is 27.0 Å². The molecule has 0 aromatic rings. The maximum absolute atomic E-state index is 10.7. The molecule has 0 unspecified atom stereocenters. The van der Waals surface area contributed by atoms with Crippen LogP contribution in [0.25, 0.3) is 0 Å². The molecular formula is C17H31F3IrNO6PS2-. The van der Waals surface area contributed by atoms with Gasteiger partial charge in [-0.05, 0) is 49.6 Å². The summed E-state index contributed by atoms with van der Waals surface area (Å²) in [5, 5.41) is 7.32. The largest absolute Gasteiger partial charge is 0.741 e. The van der Waals surface area contributed by atoms with Crippen LogP contribution >= 0.6 is 7.92 Å². The van der Waals surface area contributed by atoms with E-state index in [1.807, 2.05) is 0 Å². The van der Waals surface area contributed by atoms with E-state index in [9.17, 15) is 21.6 Å². The molecule has 31 heavy (non-hydrogen) atoms. The molecule has 0 bridgehead atoms. The molecule has 1 saturated carbocycles. The summed E-state index contributed by atoms with van der Waals surface area (Å²) in [6.45, 7) is 19.1. The van der Waals surface area contributed by atoms with E-state index in [4.69, 9.17) is 22.8 Å². The number of rotatable bonds is 0. The van der Waals surface area contributed by atoms with Crippen molar-refractivity contribution in [3.05, 3.63) is 29.6 Å². The molecule has 0 aromatic heterocycles. The van der Waals surface area contributed by atoms with Crippen LogP contribution in [0, 0.1) is 40.9 Å². The third-order valence-corrected chi connectivity index (χ3v) is 3.66. The summed E-state index contributed by atoms with van der Waals surface area (Å²) in [6.07, 6.45) is 0.715. The van der Waals surface area contributed by atoms with E-state index in [2.05, 4.69) is 54.6 Å². The Balaban J connectivity index is -0.0000000968. The predicted molar refractivity (Wildman–Crippen MR) is 114 cm³/mol. The van der Waals surface area contributed by atoms with E-state index in [0.29, 0.717) is 14.2 Å². The van der Waals surface area contributed by atoms with Crippen LogP contribution in [-0.2, 0) is 40.3 Å². The Kier molecular flexibility index (Phi) is 24.8. The maximum Gasteiger partial charge on any atom is 0.485 e. The van der Waals surface area contributed by atoms with Crippen LogP contribution in [0.1, 0.15) is 41.5 Å². The number of hydrogen-bond donors (Lipinski definition) is 1. The SMILES string of the molecule is CC#N.CP(C)C.CS(=O)(=O)O.C[C]1[C](C)[C](C)[C](C)[C]1C.O=S(=O)([O-])C(F)(F)F.[Ir]. The first-order valence-electron chi connectivity index (χ1n) is 8.01. The fourth-order valence-electron chi connectivity index (χ4n) is 1.41. The van der Waals surface area contributed by atoms with E-state index < -0.39 is 25.7 Å². The number of alkyl halides is 3. The molecule has 188 valence electrons. The number of nitriles is 1. The minimum atomic E-state index is -6.09. The second-order valence-electron chi connectivity index (χ2n) is 6.32. The monoisotopic (exact) mass is 690 g/mol. The second kappa shape index (κ2) is 18.6. The van der Waals surface area contributed by atoms with Gasteiger partial charge in [0.2, 0.25) is 0 Å². The van der Waals surface area contributed by atoms with E-state index in [1.165, 1.54) is 36.5 Å². The minimum absolute atomic E-state index is 0. The Morgan fingerprint density at radius 3 is 0.968 bits per heavy atom. The zero-order chi connectivity index (χ0) is 25.7. The van der Waals surface area contributed by atoms with Crippen molar-refractivity contribution in [1.82, 2.24) is 0 Å². The van der Waals surface area contributed by atoms with Crippen LogP contribution in [-0.4, -0.2) is 57.7 Å². The van der Waals surface area contributed by atoms with Crippen LogP contribution < -0.4 is 0 Å². The number of nitrogens with zero attached hydrogens (tertiary/aromatic N) is 1. The average molecular weight is 690 g/mol. The summed E-state index contributed by atoms with van der Waals surface area (Å²) in [7, 11) is -9.38. The van der Waals surface area contributed by atoms with Crippen molar-refractivity contribution in [2.45, 2.75) is 47.1 Å². The van der Waals surface area contributed by atoms with E-state index in [0.717, 1.165) is 0 Å². The molecule has 7 nitrogen and oxygen atoms in total. The summed E-state index contributed by atoms with van der Waals surface area (Å²) < 4.78 is 84.8. The fraction of sp³-hybridized carbons (Fsp3) is 0.647. The van der Waals surface area contributed by atoms with Gasteiger partial charge < -0.3 is 4.55 Å². The predicted octanol–water partition coefficient (Wildman–Crippen LogP) is 4.41. The topological polar surface area (TPSA) is 135 Å². The van der Waals surface area contributed by atoms with Crippen molar-refractivity contribution >= 4 is 28.2 Å². The van der Waals surface area contributed by atoms with Gasteiger partial charge in [-0.1, -0.05) is 34.6 Å². The van der Waals surface area contributed by atoms with Crippen LogP contribution in [0.5, 0.6) is 0 Å². The summed E-state index contributed by atoms with van der Waals surface area (Å²) in [5.74, 6) is 7.34. The molecule has 0 aromatic carbocycles. The summed E-state index contributed by atoms with van der Waals surface area (Å²) >= 11 is 0. The van der Waals surface area contributed by atoms with Crippen molar-refractivity contribution in [3.8, 4) is 6.07 Å². The minimum Gasteiger partial charge on any atom is -0.741 e. The van der Waals surface area contributed by atoms with Crippen LogP contribution in [0.15, 0.2) is 0 Å². The molecule has 6 radical (unpaired) electrons. The van der Waals surface area contributed by atoms with E-state index in [-0.39, 0.29) is 20.1 Å². The van der Waals surface area contributed by atoms with Gasteiger partial charge in [-0.2, -0.15) is 26.9 Å². The Morgan fingerprint density at radius 2 is 0.935 bits per heavy atom. The molecule has 1 aliphatic carbocycles. The van der Waals surface area contributed by atoms with Gasteiger partial charge in [0.1, 0.15) is 0 Å². The molecule has 1 aliphatic rings. The molecule has 0 heterocycles. The summed E-state index contributed by atoms with van der Waals surface area (Å²) in [4.78, 5) is 0. The average Bonchev–Trinajstić information content (AvgIpc) is 2.62. The van der Waals surface area contributed by atoms with Crippen molar-refractivity contribution in [3.63, 3.8) is 0 Å². The van der Waals surface area contributed by atoms with E-state index in [1.54, 1.807) is 6.07 Å². The van der Waals surface area contributed by atoms with Gasteiger partial charge in [-0.25, -0.2) is 8.42 Å². The third-order valence-electron chi connectivity index (χ3n) is 3.10. The molecule has 1 N–H and O–H groups in total. The van der Waals surface area contributed by atoms with Crippen molar-refractivity contribution < 1.29 is 59.2 Å². The molecule has 0 amide bonds. The third kappa shape index (κ3) is 28.1. The Hall–Kier alpha value is 0.179. The Bertz CT molecular complexity index is 642. The maximum atomic E-state index is 10.7. The van der Waals surface area contributed by atoms with Gasteiger partial charge in [0.25, 0.3) is 10.1 Å². The molecule has 0 aliphatic heterocycles. The van der Waals surface area contributed by atoms with Crippen molar-refractivity contribution in [1.29, 1.82) is 5.26 Å². The fourth-order valence-corrected chi connectivity index (χ4v) is 1.41. The smallest absolute Gasteiger partial charge is 0.485 e. The summed E-state index contributed by atoms with van der Waals surface area (Å²) in [5.41, 5.74) is -5.65. The van der Waals surface area contributed by atoms with Crippen LogP contribution in [0.2, 0.25) is 0 Å². The Morgan fingerprint density at radius 1 is 0.871 bits per heavy atom. The zero-order valence-electron chi connectivity index (χ0n) is 19.2. The van der Waals surface area contributed by atoms with Crippen molar-refractivity contribution in [2.75, 3.05) is 26.3 Å². The molecular weight excluding hydrogens is 659 g/mol. The molecule has 1 fully saturated rings. The first-order valence-corrected chi connectivity index (χ1v) is 14.0.